The van der Waals surface area contributed by atoms with Crippen molar-refractivity contribution in [2.45, 2.75) is 22.5 Å². The minimum Gasteiger partial charge on any atom is -0.268 e. The van der Waals surface area contributed by atoms with E-state index in [-0.39, 0.29) is 28.1 Å². The van der Waals surface area contributed by atoms with Crippen molar-refractivity contribution in [1.82, 2.24) is 24.5 Å². The zero-order valence-electron chi connectivity index (χ0n) is 18.0. The summed E-state index contributed by atoms with van der Waals surface area (Å²) in [4.78, 5) is 13.2. The maximum Gasteiger partial charge on any atom is 0.269 e. The van der Waals surface area contributed by atoms with Gasteiger partial charge in [0.25, 0.3) is 15.9 Å². The summed E-state index contributed by atoms with van der Waals surface area (Å²) in [6.45, 7) is 0. The number of hydrogen-bond acceptors (Lipinski definition) is 8. The normalized spacial score (nSPS) is 15.0. The Hall–Kier alpha value is -3.61. The van der Waals surface area contributed by atoms with Crippen molar-refractivity contribution in [2.24, 2.45) is 0 Å². The Labute approximate surface area is 208 Å². The number of thioether (sulfide) groups is 1. The lowest BCUT2D eigenvalue weighted by Crippen LogP contribution is -2.35. The number of rotatable bonds is 6. The highest BCUT2D eigenvalue weighted by molar-refractivity contribution is 8.20. The average molecular weight is 524 g/mol. The lowest BCUT2D eigenvalue weighted by atomic mass is 10.0. The highest BCUT2D eigenvalue weighted by atomic mass is 32.2. The van der Waals surface area contributed by atoms with E-state index in [1.807, 2.05) is 30.3 Å². The Kier molecular flexibility index (Phi) is 6.32. The zero-order valence-corrected chi connectivity index (χ0v) is 20.4. The van der Waals surface area contributed by atoms with Gasteiger partial charge in [-0.05, 0) is 52.0 Å². The van der Waals surface area contributed by atoms with E-state index >= 15 is 0 Å². The topological polar surface area (TPSA) is 115 Å². The number of amides is 1. The van der Waals surface area contributed by atoms with Gasteiger partial charge in [0.2, 0.25) is 5.16 Å². The lowest BCUT2D eigenvalue weighted by molar-refractivity contribution is 0.0834. The molecule has 9 nitrogen and oxygen atoms in total. The smallest absolute Gasteiger partial charge is 0.268 e. The first-order valence-electron chi connectivity index (χ1n) is 10.4. The molecule has 4 aromatic rings. The molecule has 0 saturated heterocycles. The van der Waals surface area contributed by atoms with Crippen LogP contribution >= 0.6 is 11.8 Å². The third-order valence-corrected chi connectivity index (χ3v) is 8.91. The summed E-state index contributed by atoms with van der Waals surface area (Å²) in [5, 5.41) is 12.1. The monoisotopic (exact) mass is 523 g/mol. The average Bonchev–Trinajstić information content (AvgIpc) is 3.43. The van der Waals surface area contributed by atoms with E-state index in [9.17, 15) is 17.4 Å². The van der Waals surface area contributed by atoms with E-state index in [1.165, 1.54) is 16.8 Å². The molecule has 0 saturated carbocycles. The van der Waals surface area contributed by atoms with Crippen LogP contribution in [-0.4, -0.2) is 47.2 Å². The van der Waals surface area contributed by atoms with Gasteiger partial charge in [-0.15, -0.1) is 5.10 Å². The summed E-state index contributed by atoms with van der Waals surface area (Å²) in [6.07, 6.45) is -0.0244. The molecule has 3 aromatic carbocycles. The first-order chi connectivity index (χ1) is 17.0. The van der Waals surface area contributed by atoms with Crippen LogP contribution in [0.4, 0.5) is 0 Å². The zero-order chi connectivity index (χ0) is 24.4. The molecule has 0 fully saturated rings. The first-order valence-corrected chi connectivity index (χ1v) is 13.4. The molecule has 5 rings (SSSR count). The standard InChI is InChI=1S/C23H17N5O4S3/c29-22-18-13-7-8-14-20(18)35(31,32)28(22)19(16-9-3-1-4-10-16)15-21(34-30)33-23-24-25-26-27(23)17-11-5-2-6-12-17/h1-14,19H,15H2. The van der Waals surface area contributed by atoms with Crippen molar-refractivity contribution in [1.29, 1.82) is 0 Å². The number of para-hydroxylation sites is 1. The minimum atomic E-state index is -4.11. The Morgan fingerprint density at radius 2 is 1.57 bits per heavy atom. The van der Waals surface area contributed by atoms with Gasteiger partial charge < -0.3 is 0 Å². The van der Waals surface area contributed by atoms with E-state index in [1.54, 1.807) is 42.5 Å². The number of benzene rings is 3. The molecule has 1 aliphatic heterocycles. The fourth-order valence-corrected chi connectivity index (χ4v) is 6.93. The summed E-state index contributed by atoms with van der Waals surface area (Å²) < 4.78 is 41.7. The Morgan fingerprint density at radius 3 is 2.26 bits per heavy atom. The maximum absolute atomic E-state index is 13.4. The van der Waals surface area contributed by atoms with Gasteiger partial charge in [0.15, 0.2) is 0 Å². The first kappa shape index (κ1) is 23.1. The highest BCUT2D eigenvalue weighted by Crippen LogP contribution is 2.39. The van der Waals surface area contributed by atoms with E-state index < -0.39 is 22.0 Å². The number of aromatic nitrogens is 4. The van der Waals surface area contributed by atoms with Crippen molar-refractivity contribution in [3.8, 4) is 5.69 Å². The van der Waals surface area contributed by atoms with Crippen molar-refractivity contribution >= 4 is 43.1 Å². The van der Waals surface area contributed by atoms with Crippen molar-refractivity contribution in [3.63, 3.8) is 0 Å². The highest BCUT2D eigenvalue weighted by Gasteiger charge is 2.45. The van der Waals surface area contributed by atoms with Crippen molar-refractivity contribution in [3.05, 3.63) is 96.1 Å². The molecular formula is C23H17N5O4S3. The van der Waals surface area contributed by atoms with Crippen LogP contribution in [-0.2, 0) is 21.3 Å². The fourth-order valence-electron chi connectivity index (χ4n) is 3.85. The molecule has 1 aromatic heterocycles. The number of hydrogen-bond donors (Lipinski definition) is 0. The SMILES string of the molecule is O=S=C(CC(c1ccccc1)N1C(=O)c2ccccc2S1(=O)=O)Sc1nnnn1-c1ccccc1. The molecule has 0 radical (unpaired) electrons. The second kappa shape index (κ2) is 9.56. The number of fused-ring (bicyclic) bond motifs is 1. The van der Waals surface area contributed by atoms with Crippen molar-refractivity contribution in [2.75, 3.05) is 0 Å². The molecular weight excluding hydrogens is 506 g/mol. The van der Waals surface area contributed by atoms with Gasteiger partial charge in [0.1, 0.15) is 4.90 Å². The van der Waals surface area contributed by atoms with E-state index in [2.05, 4.69) is 15.5 Å². The van der Waals surface area contributed by atoms with Gasteiger partial charge >= 0.3 is 0 Å². The van der Waals surface area contributed by atoms with Crippen LogP contribution in [0.1, 0.15) is 28.4 Å². The van der Waals surface area contributed by atoms with Gasteiger partial charge in [-0.3, -0.25) is 4.79 Å². The Bertz CT molecular complexity index is 1550. The molecule has 176 valence electrons. The number of carbonyl (C=O) groups excluding carboxylic acids is 1. The van der Waals surface area contributed by atoms with Crippen LogP contribution in [0.3, 0.4) is 0 Å². The predicted molar refractivity (Wildman–Crippen MR) is 132 cm³/mol. The van der Waals surface area contributed by atoms with Gasteiger partial charge in [0, 0.05) is 6.42 Å². The van der Waals surface area contributed by atoms with E-state index in [4.69, 9.17) is 0 Å². The molecule has 35 heavy (non-hydrogen) atoms. The Morgan fingerprint density at radius 1 is 0.914 bits per heavy atom. The van der Waals surface area contributed by atoms with Crippen LogP contribution in [0.15, 0.2) is 95.0 Å². The second-order valence-electron chi connectivity index (χ2n) is 7.50. The number of tetrazole rings is 1. The largest absolute Gasteiger partial charge is 0.269 e. The minimum absolute atomic E-state index is 0.0244. The van der Waals surface area contributed by atoms with Gasteiger partial charge in [-0.25, -0.2) is 16.9 Å². The molecule has 0 bridgehead atoms. The van der Waals surface area contributed by atoms with Crippen LogP contribution in [0.25, 0.3) is 5.69 Å². The molecule has 12 heteroatoms. The number of carbonyl (C=O) groups is 1. The summed E-state index contributed by atoms with van der Waals surface area (Å²) >= 11 is 1.27. The summed E-state index contributed by atoms with van der Waals surface area (Å²) in [6, 6.07) is 23.2. The van der Waals surface area contributed by atoms with Gasteiger partial charge in [-0.1, -0.05) is 60.7 Å². The molecule has 0 spiro atoms. The molecule has 1 amide bonds. The summed E-state index contributed by atoms with van der Waals surface area (Å²) in [5.41, 5.74) is 1.42. The summed E-state index contributed by atoms with van der Waals surface area (Å²) in [7, 11) is -4.11. The maximum atomic E-state index is 13.4. The summed E-state index contributed by atoms with van der Waals surface area (Å²) in [5.74, 6) is -0.621. The molecule has 1 atom stereocenters. The van der Waals surface area contributed by atoms with E-state index in [0.717, 1.165) is 16.1 Å². The molecule has 2 heterocycles. The molecule has 0 aliphatic carbocycles. The van der Waals surface area contributed by atoms with E-state index in [0.29, 0.717) is 20.6 Å². The molecule has 1 aliphatic rings. The second-order valence-corrected chi connectivity index (χ2v) is 11.3. The van der Waals surface area contributed by atoms with Gasteiger partial charge in [0.05, 0.1) is 32.7 Å². The van der Waals surface area contributed by atoms with Crippen LogP contribution in [0.5, 0.6) is 0 Å². The predicted octanol–water partition coefficient (Wildman–Crippen LogP) is 3.07. The lowest BCUT2D eigenvalue weighted by Gasteiger charge is -2.27. The van der Waals surface area contributed by atoms with Crippen molar-refractivity contribution < 1.29 is 17.4 Å². The molecule has 1 unspecified atom stereocenters. The van der Waals surface area contributed by atoms with Crippen LogP contribution in [0, 0.1) is 0 Å². The quantitative estimate of drug-likeness (QED) is 0.280. The number of sulfonamides is 1. The van der Waals surface area contributed by atoms with Crippen LogP contribution in [0.2, 0.25) is 0 Å². The number of nitrogens with zero attached hydrogens (tertiary/aromatic N) is 5. The van der Waals surface area contributed by atoms with Crippen LogP contribution < -0.4 is 0 Å². The third-order valence-electron chi connectivity index (χ3n) is 5.42. The third kappa shape index (κ3) is 4.31. The van der Waals surface area contributed by atoms with Gasteiger partial charge in [-0.2, -0.15) is 4.68 Å². The Balaban J connectivity index is 1.51. The fraction of sp³-hybridized carbons (Fsp3) is 0.0870. The molecule has 0 N–H and O–H groups in total.